The van der Waals surface area contributed by atoms with Crippen LogP contribution in [0.5, 0.6) is 5.75 Å². The van der Waals surface area contributed by atoms with Gasteiger partial charge in [-0.15, -0.1) is 0 Å². The van der Waals surface area contributed by atoms with Gasteiger partial charge in [0, 0.05) is 6.42 Å². The number of carboxylic acids is 1. The van der Waals surface area contributed by atoms with Crippen LogP contribution >= 0.6 is 0 Å². The Labute approximate surface area is 375 Å². The van der Waals surface area contributed by atoms with E-state index >= 15 is 0 Å². The van der Waals surface area contributed by atoms with Crippen LogP contribution in [-0.4, -0.2) is 76.8 Å². The van der Waals surface area contributed by atoms with Crippen molar-refractivity contribution in [3.8, 4) is 5.75 Å². The summed E-state index contributed by atoms with van der Waals surface area (Å²) in [4.78, 5) is 93.8. The first kappa shape index (κ1) is 50.2. The molecular weight excluding hydrogens is 819 g/mol. The van der Waals surface area contributed by atoms with E-state index < -0.39 is 71.7 Å². The number of ether oxygens (including phenoxy) is 1. The number of esters is 1. The van der Waals surface area contributed by atoms with E-state index in [1.54, 1.807) is 62.4 Å². The van der Waals surface area contributed by atoms with Crippen LogP contribution in [0.3, 0.4) is 0 Å². The lowest BCUT2D eigenvalue weighted by Gasteiger charge is -2.28. The number of amides is 5. The molecule has 1 heterocycles. The molecule has 1 fully saturated rings. The fourth-order valence-electron chi connectivity index (χ4n) is 7.14. The van der Waals surface area contributed by atoms with Crippen LogP contribution in [0.15, 0.2) is 83.0 Å². The molecule has 16 heteroatoms. The number of benzene rings is 3. The van der Waals surface area contributed by atoms with Gasteiger partial charge >= 0.3 is 11.9 Å². The largest absolute Gasteiger partial charge is 0.478 e. The Hall–Kier alpha value is -6.45. The van der Waals surface area contributed by atoms with Crippen LogP contribution in [0.2, 0.25) is 0 Å². The number of hydrogen-bond acceptors (Lipinski definition) is 10. The average molecular weight is 882 g/mol. The van der Waals surface area contributed by atoms with E-state index in [2.05, 4.69) is 36.8 Å². The van der Waals surface area contributed by atoms with Crippen LogP contribution in [0.25, 0.3) is 0 Å². The van der Waals surface area contributed by atoms with E-state index in [9.17, 15) is 33.6 Å². The zero-order valence-corrected chi connectivity index (χ0v) is 38.0. The molecule has 6 N–H and O–H groups in total. The summed E-state index contributed by atoms with van der Waals surface area (Å²) in [6, 6.07) is 14.4. The summed E-state index contributed by atoms with van der Waals surface area (Å²) < 4.78 is 5.63. The van der Waals surface area contributed by atoms with E-state index in [1.807, 2.05) is 53.7 Å². The number of aryl methyl sites for hydroxylation is 1. The summed E-state index contributed by atoms with van der Waals surface area (Å²) in [5, 5.41) is 31.8. The molecule has 1 aliphatic rings. The molecule has 64 heavy (non-hydrogen) atoms. The highest BCUT2D eigenvalue weighted by atomic mass is 16.5. The highest BCUT2D eigenvalue weighted by molar-refractivity contribution is 5.98. The Morgan fingerprint density at radius 1 is 0.594 bits per heavy atom. The van der Waals surface area contributed by atoms with Crippen molar-refractivity contribution < 1.29 is 43.4 Å². The average Bonchev–Trinajstić information content (AvgIpc) is 3.23. The van der Waals surface area contributed by atoms with Gasteiger partial charge in [-0.1, -0.05) is 85.7 Å². The maximum atomic E-state index is 14.2. The lowest BCUT2D eigenvalue weighted by molar-refractivity contribution is -0.135. The maximum absolute atomic E-state index is 14.2. The third-order valence-electron chi connectivity index (χ3n) is 10.5. The van der Waals surface area contributed by atoms with Crippen molar-refractivity contribution in [2.24, 2.45) is 33.9 Å². The molecule has 0 saturated carbocycles. The quantitative estimate of drug-likeness (QED) is 0.0552. The highest BCUT2D eigenvalue weighted by Crippen LogP contribution is 2.25. The second-order valence-corrected chi connectivity index (χ2v) is 17.9. The standard InChI is InChI=1S/C48H63N7O9/c1-27(2)23-37-43(57)50-39(25-29(5)6)46(60)53-42(30(7)8)47(61)52-38(24-28(3)4)44(58)51-40(45(59)49-37)26-31-13-20-35(21-14-31)64-41(56)22-17-32-11-9-10-12-36(32)55-54-34-18-15-33(16-19-34)48(62)63/h9-16,18-21,27-30,37-40,42H,17,22-26H2,1-8H3,(H,49,59)(H,50,57)(H,51,58)(H,52,61)(H,53,60)(H,62,63)/t37-,38-,39-,40?,42-/m0/s1. The van der Waals surface area contributed by atoms with Gasteiger partial charge in [0.15, 0.2) is 0 Å². The second kappa shape index (κ2) is 23.8. The van der Waals surface area contributed by atoms with E-state index in [1.165, 1.54) is 12.1 Å². The Morgan fingerprint density at radius 2 is 1.08 bits per heavy atom. The van der Waals surface area contributed by atoms with Gasteiger partial charge in [0.1, 0.15) is 36.0 Å². The number of azo groups is 1. The molecule has 3 aromatic carbocycles. The Bertz CT molecular complexity index is 2140. The Morgan fingerprint density at radius 3 is 1.59 bits per heavy atom. The van der Waals surface area contributed by atoms with Crippen molar-refractivity contribution in [1.82, 2.24) is 26.6 Å². The van der Waals surface area contributed by atoms with Crippen LogP contribution in [0.1, 0.15) is 103 Å². The molecule has 0 aliphatic carbocycles. The van der Waals surface area contributed by atoms with Crippen LogP contribution < -0.4 is 31.3 Å². The Balaban J connectivity index is 1.53. The van der Waals surface area contributed by atoms with Gasteiger partial charge in [-0.3, -0.25) is 28.8 Å². The Kier molecular flexibility index (Phi) is 18.7. The molecule has 0 bridgehead atoms. The summed E-state index contributed by atoms with van der Waals surface area (Å²) >= 11 is 0. The number of carbonyl (C=O) groups excluding carboxylic acids is 6. The number of rotatable bonds is 16. The molecule has 5 atom stereocenters. The van der Waals surface area contributed by atoms with Crippen LogP contribution in [-0.2, 0) is 41.6 Å². The summed E-state index contributed by atoms with van der Waals surface area (Å²) in [7, 11) is 0. The topological polar surface area (TPSA) is 234 Å². The molecule has 0 aromatic heterocycles. The molecular formula is C48H63N7O9. The molecule has 1 aliphatic heterocycles. The first-order valence-corrected chi connectivity index (χ1v) is 21.9. The van der Waals surface area contributed by atoms with E-state index in [-0.39, 0.29) is 67.1 Å². The fourth-order valence-corrected chi connectivity index (χ4v) is 7.14. The van der Waals surface area contributed by atoms with Gasteiger partial charge in [0.25, 0.3) is 0 Å². The predicted octanol–water partition coefficient (Wildman–Crippen LogP) is 6.11. The van der Waals surface area contributed by atoms with Gasteiger partial charge in [0.05, 0.1) is 23.4 Å². The minimum absolute atomic E-state index is 0.00535. The van der Waals surface area contributed by atoms with Crippen LogP contribution in [0, 0.1) is 23.7 Å². The molecule has 0 radical (unpaired) electrons. The molecule has 4 rings (SSSR count). The minimum atomic E-state index is -1.19. The van der Waals surface area contributed by atoms with E-state index in [0.29, 0.717) is 23.4 Å². The zero-order chi connectivity index (χ0) is 47.1. The lowest BCUT2D eigenvalue weighted by atomic mass is 9.98. The monoisotopic (exact) mass is 881 g/mol. The summed E-state index contributed by atoms with van der Waals surface area (Å²) in [5.74, 6) is -4.59. The first-order chi connectivity index (χ1) is 30.3. The van der Waals surface area contributed by atoms with E-state index in [0.717, 1.165) is 5.56 Å². The number of hydrogen-bond donors (Lipinski definition) is 6. The second-order valence-electron chi connectivity index (χ2n) is 17.9. The predicted molar refractivity (Wildman–Crippen MR) is 241 cm³/mol. The number of carbonyl (C=O) groups is 7. The van der Waals surface area contributed by atoms with Crippen molar-refractivity contribution in [3.05, 3.63) is 89.5 Å². The van der Waals surface area contributed by atoms with Crippen LogP contribution in [0.4, 0.5) is 11.4 Å². The molecule has 5 amide bonds. The highest BCUT2D eigenvalue weighted by Gasteiger charge is 2.36. The molecule has 1 unspecified atom stereocenters. The third-order valence-corrected chi connectivity index (χ3v) is 10.5. The molecule has 344 valence electrons. The number of nitrogens with zero attached hydrogens (tertiary/aromatic N) is 2. The van der Waals surface area contributed by atoms with Crippen molar-refractivity contribution in [1.29, 1.82) is 0 Å². The number of aromatic carboxylic acids is 1. The van der Waals surface area contributed by atoms with Crippen molar-refractivity contribution in [3.63, 3.8) is 0 Å². The molecule has 0 spiro atoms. The van der Waals surface area contributed by atoms with Crippen molar-refractivity contribution in [2.45, 2.75) is 124 Å². The summed E-state index contributed by atoms with van der Waals surface area (Å²) in [5.41, 5.74) is 2.51. The van der Waals surface area contributed by atoms with Crippen molar-refractivity contribution >= 4 is 52.8 Å². The van der Waals surface area contributed by atoms with Gasteiger partial charge in [-0.2, -0.15) is 10.2 Å². The normalized spacial score (nSPS) is 20.3. The smallest absolute Gasteiger partial charge is 0.335 e. The molecule has 16 nitrogen and oxygen atoms in total. The van der Waals surface area contributed by atoms with Gasteiger partial charge in [-0.25, -0.2) is 4.79 Å². The van der Waals surface area contributed by atoms with E-state index in [4.69, 9.17) is 9.84 Å². The number of nitrogens with one attached hydrogen (secondary N) is 5. The maximum Gasteiger partial charge on any atom is 0.335 e. The first-order valence-electron chi connectivity index (χ1n) is 21.9. The van der Waals surface area contributed by atoms with Crippen molar-refractivity contribution in [2.75, 3.05) is 0 Å². The molecule has 3 aromatic rings. The summed E-state index contributed by atoms with van der Waals surface area (Å²) in [6.07, 6.45) is 1.10. The van der Waals surface area contributed by atoms with Gasteiger partial charge < -0.3 is 36.4 Å². The zero-order valence-electron chi connectivity index (χ0n) is 38.0. The fraction of sp³-hybridized carbons (Fsp3) is 0.479. The van der Waals surface area contributed by atoms with Gasteiger partial charge in [0.2, 0.25) is 29.5 Å². The number of carboxylic acid groups (broad SMARTS) is 1. The third kappa shape index (κ3) is 15.7. The lowest BCUT2D eigenvalue weighted by Crippen LogP contribution is -2.59. The van der Waals surface area contributed by atoms with Gasteiger partial charge in [-0.05, 0) is 103 Å². The summed E-state index contributed by atoms with van der Waals surface area (Å²) in [6.45, 7) is 15.0. The molecule has 1 saturated heterocycles. The minimum Gasteiger partial charge on any atom is -0.478 e. The SMILES string of the molecule is CC(C)C[C@@H]1NC(=O)C(Cc2ccc(OC(=O)CCc3ccccc3N=Nc3ccc(C(=O)O)cc3)cc2)NC(=O)[C@H](CC(C)C)NC(=O)[C@H](C(C)C)NC(=O)[C@H](CC(C)C)NC1=O.